The molecule has 7 heteroatoms. The molecule has 0 bridgehead atoms. The molecule has 0 aromatic carbocycles. The summed E-state index contributed by atoms with van der Waals surface area (Å²) in [4.78, 5) is 0. The molecule has 0 aliphatic carbocycles. The summed E-state index contributed by atoms with van der Waals surface area (Å²) in [6.07, 6.45) is 0. The molecule has 0 heterocycles. The average Bonchev–Trinajstić information content (AvgIpc) is 2.18. The van der Waals surface area contributed by atoms with Gasteiger partial charge in [0.15, 0.2) is 0 Å². The van der Waals surface area contributed by atoms with E-state index in [0.717, 1.165) is 0 Å². The van der Waals surface area contributed by atoms with Gasteiger partial charge in [-0.3, -0.25) is 0 Å². The van der Waals surface area contributed by atoms with E-state index in [2.05, 4.69) is 0 Å². The molecule has 0 aliphatic heterocycles. The second kappa shape index (κ2) is 39.6. The van der Waals surface area contributed by atoms with Crippen LogP contribution in [0.25, 0.3) is 17.2 Å². The molecule has 0 aromatic rings. The molecule has 0 saturated carbocycles. The zero-order valence-corrected chi connectivity index (χ0v) is 8.54. The van der Waals surface area contributed by atoms with Crippen LogP contribution in [-0.4, -0.2) is 54.8 Å². The van der Waals surface area contributed by atoms with Gasteiger partial charge in [0.2, 0.25) is 0 Å². The second-order valence-electron chi connectivity index (χ2n) is 1.42. The maximum atomic E-state index is 7.69. The standard InChI is InChI=1S/3C2H6NO.Fe/c3*3-1-2-4;/h3*3-4H,1-2H2;/q3*-1;+3. The monoisotopic (exact) mass is 236 g/mol. The van der Waals surface area contributed by atoms with Gasteiger partial charge in [-0.2, -0.15) is 0 Å². The van der Waals surface area contributed by atoms with Crippen molar-refractivity contribution in [1.82, 2.24) is 0 Å². The quantitative estimate of drug-likeness (QED) is 0.599. The first-order valence-corrected chi connectivity index (χ1v) is 3.51. The van der Waals surface area contributed by atoms with Crippen LogP contribution < -0.4 is 0 Å². The predicted octanol–water partition coefficient (Wildman–Crippen LogP) is 0.0902. The van der Waals surface area contributed by atoms with Crippen molar-refractivity contribution in [3.8, 4) is 0 Å². The summed E-state index contributed by atoms with van der Waals surface area (Å²) in [6.45, 7) is 0.333. The van der Waals surface area contributed by atoms with Crippen molar-refractivity contribution >= 4 is 0 Å². The summed E-state index contributed by atoms with van der Waals surface area (Å²) in [5.74, 6) is 0. The van der Waals surface area contributed by atoms with Crippen LogP contribution in [-0.2, 0) is 17.1 Å². The van der Waals surface area contributed by atoms with Crippen molar-refractivity contribution in [2.24, 2.45) is 0 Å². The Kier molecular flexibility index (Phi) is 70.9. The van der Waals surface area contributed by atoms with E-state index in [4.69, 9.17) is 32.5 Å². The molecule has 13 heavy (non-hydrogen) atoms. The van der Waals surface area contributed by atoms with E-state index >= 15 is 0 Å². The molecule has 0 saturated heterocycles. The summed E-state index contributed by atoms with van der Waals surface area (Å²) >= 11 is 0. The van der Waals surface area contributed by atoms with Crippen molar-refractivity contribution in [1.29, 1.82) is 0 Å². The van der Waals surface area contributed by atoms with Gasteiger partial charge in [0.25, 0.3) is 0 Å². The van der Waals surface area contributed by atoms with E-state index in [9.17, 15) is 0 Å². The van der Waals surface area contributed by atoms with Gasteiger partial charge in [-0.25, -0.2) is 0 Å². The van der Waals surface area contributed by atoms with Crippen LogP contribution in [0.15, 0.2) is 0 Å². The van der Waals surface area contributed by atoms with Crippen molar-refractivity contribution in [3.05, 3.63) is 17.2 Å². The minimum Gasteiger partial charge on any atom is -0.676 e. The SMILES string of the molecule is [Fe+3].[NH-]CCO.[NH-]CCO.[NH-]CCO. The Morgan fingerprint density at radius 3 is 0.692 bits per heavy atom. The molecule has 0 unspecified atom stereocenters. The van der Waals surface area contributed by atoms with E-state index in [1.54, 1.807) is 0 Å². The Labute approximate surface area is 89.6 Å². The van der Waals surface area contributed by atoms with Crippen molar-refractivity contribution in [2.45, 2.75) is 0 Å². The zero-order valence-electron chi connectivity index (χ0n) is 7.44. The molecule has 6 nitrogen and oxygen atoms in total. The minimum atomic E-state index is -0.0139. The molecule has 0 aliphatic rings. The van der Waals surface area contributed by atoms with Crippen LogP contribution in [0.3, 0.4) is 0 Å². The summed E-state index contributed by atoms with van der Waals surface area (Å²) in [5.41, 5.74) is 18.6. The molecule has 0 spiro atoms. The van der Waals surface area contributed by atoms with Crippen LogP contribution in [0, 0.1) is 0 Å². The first-order chi connectivity index (χ1) is 5.74. The molecular weight excluding hydrogens is 218 g/mol. The Balaban J connectivity index is -0.0000000450. The smallest absolute Gasteiger partial charge is 0.676 e. The van der Waals surface area contributed by atoms with Crippen LogP contribution in [0.1, 0.15) is 0 Å². The van der Waals surface area contributed by atoms with Gasteiger partial charge in [-0.05, 0) is 0 Å². The Hall–Kier alpha value is 0.279. The van der Waals surface area contributed by atoms with E-state index in [1.165, 1.54) is 0 Å². The van der Waals surface area contributed by atoms with Crippen LogP contribution in [0.2, 0.25) is 0 Å². The number of aliphatic hydroxyl groups excluding tert-OH is 3. The fourth-order valence-electron chi connectivity index (χ4n) is 0. The van der Waals surface area contributed by atoms with E-state index in [-0.39, 0.29) is 56.5 Å². The zero-order chi connectivity index (χ0) is 10.2. The normalized spacial score (nSPS) is 6.92. The summed E-state index contributed by atoms with van der Waals surface area (Å²) in [6, 6.07) is 0. The summed E-state index contributed by atoms with van der Waals surface area (Å²) in [7, 11) is 0. The van der Waals surface area contributed by atoms with Crippen molar-refractivity contribution in [3.63, 3.8) is 0 Å². The van der Waals surface area contributed by atoms with Gasteiger partial charge < -0.3 is 32.5 Å². The van der Waals surface area contributed by atoms with Gasteiger partial charge in [0, 0.05) is 19.8 Å². The van der Waals surface area contributed by atoms with Gasteiger partial charge in [0.05, 0.1) is 0 Å². The van der Waals surface area contributed by atoms with Gasteiger partial charge in [-0.15, -0.1) is 19.6 Å². The van der Waals surface area contributed by atoms with E-state index in [0.29, 0.717) is 0 Å². The first kappa shape index (κ1) is 23.3. The number of aliphatic hydroxyl groups is 3. The van der Waals surface area contributed by atoms with E-state index in [1.807, 2.05) is 0 Å². The van der Waals surface area contributed by atoms with E-state index < -0.39 is 0 Å². The van der Waals surface area contributed by atoms with Crippen LogP contribution >= 0.6 is 0 Å². The van der Waals surface area contributed by atoms with Crippen LogP contribution in [0.5, 0.6) is 0 Å². The fourth-order valence-corrected chi connectivity index (χ4v) is 0. The number of rotatable bonds is 3. The molecule has 6 N–H and O–H groups in total. The molecule has 0 amide bonds. The number of hydrogen-bond acceptors (Lipinski definition) is 3. The Morgan fingerprint density at radius 2 is 0.692 bits per heavy atom. The molecule has 0 aromatic heterocycles. The molecule has 1 radical (unpaired) electrons. The molecule has 83 valence electrons. The van der Waals surface area contributed by atoms with Gasteiger partial charge >= 0.3 is 17.1 Å². The summed E-state index contributed by atoms with van der Waals surface area (Å²) < 4.78 is 0. The van der Waals surface area contributed by atoms with Gasteiger partial charge in [0.1, 0.15) is 0 Å². The number of nitrogens with one attached hydrogen (secondary N) is 3. The van der Waals surface area contributed by atoms with Gasteiger partial charge in [-0.1, -0.05) is 0 Å². The molecular formula is C6H18FeN3O3. The average molecular weight is 236 g/mol. The third-order valence-electron chi connectivity index (χ3n) is 0.335. The third-order valence-corrected chi connectivity index (χ3v) is 0.335. The maximum absolute atomic E-state index is 7.69. The predicted molar refractivity (Wildman–Crippen MR) is 48.8 cm³/mol. The topological polar surface area (TPSA) is 132 Å². The minimum absolute atomic E-state index is 0. The Bertz CT molecular complexity index is 38.6. The van der Waals surface area contributed by atoms with Crippen molar-refractivity contribution < 1.29 is 32.4 Å². The molecule has 0 rings (SSSR count). The van der Waals surface area contributed by atoms with Crippen LogP contribution in [0.4, 0.5) is 0 Å². The summed E-state index contributed by atoms with van der Waals surface area (Å²) in [5, 5.41) is 23.1. The van der Waals surface area contributed by atoms with Crippen molar-refractivity contribution in [2.75, 3.05) is 39.5 Å². The Morgan fingerprint density at radius 1 is 0.615 bits per heavy atom. The molecule has 0 atom stereocenters. The largest absolute Gasteiger partial charge is 3.00 e. The number of hydrogen-bond donors (Lipinski definition) is 3. The third kappa shape index (κ3) is 121. The first-order valence-electron chi connectivity index (χ1n) is 3.51. The molecule has 0 fully saturated rings. The fraction of sp³-hybridized carbons (Fsp3) is 1.00. The maximum Gasteiger partial charge on any atom is 3.00 e. The second-order valence-corrected chi connectivity index (χ2v) is 1.42.